The quantitative estimate of drug-likeness (QED) is 0.378. The predicted molar refractivity (Wildman–Crippen MR) is 126 cm³/mol. The van der Waals surface area contributed by atoms with Crippen molar-refractivity contribution < 1.29 is 8.42 Å². The number of rotatable bonds is 7. The molecule has 0 bridgehead atoms. The lowest BCUT2D eigenvalue weighted by molar-refractivity contribution is 0.503. The molecule has 0 heterocycles. The molecule has 0 aliphatic heterocycles. The molecule has 3 aromatic carbocycles. The fourth-order valence-corrected chi connectivity index (χ4v) is 5.70. The molecule has 0 radical (unpaired) electrons. The topological polar surface area (TPSA) is 46.2 Å². The van der Waals surface area contributed by atoms with Crippen molar-refractivity contribution in [1.29, 1.82) is 0 Å². The van der Waals surface area contributed by atoms with Crippen molar-refractivity contribution in [2.45, 2.75) is 30.2 Å². The predicted octanol–water partition coefficient (Wildman–Crippen LogP) is 6.99. The molecular weight excluding hydrogens is 484 g/mol. The number of hydrogen-bond acceptors (Lipinski definition) is 2. The highest BCUT2D eigenvalue weighted by Gasteiger charge is 2.27. The van der Waals surface area contributed by atoms with Crippen LogP contribution in [0.2, 0.25) is 20.1 Å². The molecule has 1 N–H and O–H groups in total. The van der Waals surface area contributed by atoms with Gasteiger partial charge in [-0.1, -0.05) is 76.7 Å². The summed E-state index contributed by atoms with van der Waals surface area (Å²) in [6, 6.07) is 18.6. The molecule has 158 valence electrons. The minimum absolute atomic E-state index is 0.0104. The Hall–Kier alpha value is -1.27. The van der Waals surface area contributed by atoms with Gasteiger partial charge in [0, 0.05) is 32.1 Å². The summed E-state index contributed by atoms with van der Waals surface area (Å²) >= 11 is 24.4. The fraction of sp³-hybridized carbons (Fsp3) is 0.182. The Bertz CT molecular complexity index is 1110. The van der Waals surface area contributed by atoms with Crippen LogP contribution in [0.4, 0.5) is 0 Å². The van der Waals surface area contributed by atoms with E-state index in [9.17, 15) is 8.42 Å². The van der Waals surface area contributed by atoms with Crippen LogP contribution in [0.5, 0.6) is 0 Å². The van der Waals surface area contributed by atoms with Crippen LogP contribution < -0.4 is 4.72 Å². The van der Waals surface area contributed by atoms with E-state index in [1.807, 2.05) is 49.4 Å². The molecule has 30 heavy (non-hydrogen) atoms. The van der Waals surface area contributed by atoms with E-state index in [-0.39, 0.29) is 20.9 Å². The first-order valence-electron chi connectivity index (χ1n) is 9.13. The molecule has 2 unspecified atom stereocenters. The van der Waals surface area contributed by atoms with Crippen LogP contribution >= 0.6 is 46.4 Å². The van der Waals surface area contributed by atoms with Gasteiger partial charge in [0.25, 0.3) is 0 Å². The van der Waals surface area contributed by atoms with Crippen LogP contribution in [0.1, 0.15) is 24.0 Å². The van der Waals surface area contributed by atoms with Gasteiger partial charge in [-0.25, -0.2) is 13.1 Å². The van der Waals surface area contributed by atoms with Gasteiger partial charge in [0.2, 0.25) is 10.0 Å². The van der Waals surface area contributed by atoms with Gasteiger partial charge < -0.3 is 0 Å². The number of sulfonamides is 1. The molecule has 0 amide bonds. The Morgan fingerprint density at radius 1 is 0.833 bits per heavy atom. The number of benzene rings is 3. The SMILES string of the molecule is CC(NS(=O)(=O)c1cc(Cl)cc(Cl)c1)C(Cc1ccc(Cl)cc1)c1ccccc1Cl. The van der Waals surface area contributed by atoms with Crippen LogP contribution in [0.3, 0.4) is 0 Å². The Morgan fingerprint density at radius 2 is 1.43 bits per heavy atom. The summed E-state index contributed by atoms with van der Waals surface area (Å²) in [6.07, 6.45) is 0.570. The summed E-state index contributed by atoms with van der Waals surface area (Å²) in [5.74, 6) is -0.218. The van der Waals surface area contributed by atoms with Gasteiger partial charge in [-0.3, -0.25) is 0 Å². The van der Waals surface area contributed by atoms with E-state index < -0.39 is 16.1 Å². The maximum absolute atomic E-state index is 13.0. The Morgan fingerprint density at radius 3 is 2.03 bits per heavy atom. The van der Waals surface area contributed by atoms with Crippen molar-refractivity contribution in [2.75, 3.05) is 0 Å². The van der Waals surface area contributed by atoms with E-state index in [4.69, 9.17) is 46.4 Å². The van der Waals surface area contributed by atoms with E-state index in [0.717, 1.165) is 11.1 Å². The van der Waals surface area contributed by atoms with Crippen LogP contribution in [-0.4, -0.2) is 14.5 Å². The standard InChI is InChI=1S/C22H19Cl4NO2S/c1-14(27-30(28,29)19-12-17(24)11-18(25)13-19)21(20-4-2-3-5-22(20)26)10-15-6-8-16(23)9-7-15/h2-9,11-14,21,27H,10H2,1H3. The number of halogens is 4. The molecule has 0 saturated carbocycles. The van der Waals surface area contributed by atoms with Crippen molar-refractivity contribution in [2.24, 2.45) is 0 Å². The second-order valence-electron chi connectivity index (χ2n) is 6.97. The molecule has 3 nitrogen and oxygen atoms in total. The monoisotopic (exact) mass is 501 g/mol. The Kier molecular flexibility index (Phi) is 7.72. The van der Waals surface area contributed by atoms with Gasteiger partial charge in [-0.2, -0.15) is 0 Å². The lowest BCUT2D eigenvalue weighted by Crippen LogP contribution is -2.38. The van der Waals surface area contributed by atoms with E-state index in [0.29, 0.717) is 16.5 Å². The maximum Gasteiger partial charge on any atom is 0.240 e. The van der Waals surface area contributed by atoms with E-state index >= 15 is 0 Å². The highest BCUT2D eigenvalue weighted by molar-refractivity contribution is 7.89. The molecule has 8 heteroatoms. The smallest absolute Gasteiger partial charge is 0.208 e. The molecule has 0 aliphatic rings. The van der Waals surface area contributed by atoms with Crippen molar-refractivity contribution in [3.8, 4) is 0 Å². The first-order valence-corrected chi connectivity index (χ1v) is 12.1. The van der Waals surface area contributed by atoms with Gasteiger partial charge in [0.1, 0.15) is 0 Å². The summed E-state index contributed by atoms with van der Waals surface area (Å²) in [5.41, 5.74) is 1.87. The highest BCUT2D eigenvalue weighted by Crippen LogP contribution is 2.32. The van der Waals surface area contributed by atoms with E-state index in [1.165, 1.54) is 18.2 Å². The second-order valence-corrected chi connectivity index (χ2v) is 10.4. The van der Waals surface area contributed by atoms with Crippen LogP contribution in [0.25, 0.3) is 0 Å². The Labute approximate surface area is 197 Å². The third kappa shape index (κ3) is 5.91. The lowest BCUT2D eigenvalue weighted by atomic mass is 9.87. The fourth-order valence-electron chi connectivity index (χ4n) is 3.28. The van der Waals surface area contributed by atoms with Gasteiger partial charge in [-0.05, 0) is 60.9 Å². The van der Waals surface area contributed by atoms with E-state index in [2.05, 4.69) is 4.72 Å². The molecule has 0 aromatic heterocycles. The minimum Gasteiger partial charge on any atom is -0.208 e. The van der Waals surface area contributed by atoms with Crippen LogP contribution in [0, 0.1) is 0 Å². The molecule has 3 rings (SSSR count). The summed E-state index contributed by atoms with van der Waals surface area (Å²) < 4.78 is 28.7. The molecule has 0 saturated heterocycles. The van der Waals surface area contributed by atoms with Gasteiger partial charge in [0.15, 0.2) is 0 Å². The summed E-state index contributed by atoms with van der Waals surface area (Å²) in [7, 11) is -3.85. The van der Waals surface area contributed by atoms with Crippen molar-refractivity contribution in [3.63, 3.8) is 0 Å². The molecule has 0 spiro atoms. The van der Waals surface area contributed by atoms with Crippen molar-refractivity contribution >= 4 is 56.4 Å². The average Bonchev–Trinajstić information content (AvgIpc) is 2.67. The first-order chi connectivity index (χ1) is 14.2. The molecule has 3 aromatic rings. The van der Waals surface area contributed by atoms with Gasteiger partial charge >= 0.3 is 0 Å². The zero-order valence-corrected chi connectivity index (χ0v) is 19.8. The average molecular weight is 503 g/mol. The van der Waals surface area contributed by atoms with E-state index in [1.54, 1.807) is 6.07 Å². The van der Waals surface area contributed by atoms with Gasteiger partial charge in [0.05, 0.1) is 4.90 Å². The minimum atomic E-state index is -3.85. The largest absolute Gasteiger partial charge is 0.240 e. The number of hydrogen-bond donors (Lipinski definition) is 1. The summed E-state index contributed by atoms with van der Waals surface area (Å²) in [6.45, 7) is 1.81. The summed E-state index contributed by atoms with van der Waals surface area (Å²) in [4.78, 5) is 0.0104. The highest BCUT2D eigenvalue weighted by atomic mass is 35.5. The van der Waals surface area contributed by atoms with Gasteiger partial charge in [-0.15, -0.1) is 0 Å². The summed E-state index contributed by atoms with van der Waals surface area (Å²) in [5, 5.41) is 1.71. The third-order valence-electron chi connectivity index (χ3n) is 4.76. The zero-order chi connectivity index (χ0) is 21.9. The lowest BCUT2D eigenvalue weighted by Gasteiger charge is -2.26. The second kappa shape index (κ2) is 9.90. The third-order valence-corrected chi connectivity index (χ3v) is 7.34. The molecule has 0 fully saturated rings. The Balaban J connectivity index is 1.94. The first kappa shape index (κ1) is 23.4. The van der Waals surface area contributed by atoms with Crippen molar-refractivity contribution in [3.05, 3.63) is 97.9 Å². The molecule has 0 aliphatic carbocycles. The number of nitrogens with one attached hydrogen (secondary N) is 1. The molecule has 2 atom stereocenters. The van der Waals surface area contributed by atoms with Crippen molar-refractivity contribution in [1.82, 2.24) is 4.72 Å². The zero-order valence-electron chi connectivity index (χ0n) is 15.9. The molecular formula is C22H19Cl4NO2S. The maximum atomic E-state index is 13.0. The normalized spacial score (nSPS) is 13.8. The van der Waals surface area contributed by atoms with Crippen LogP contribution in [-0.2, 0) is 16.4 Å². The van der Waals surface area contributed by atoms with Crippen LogP contribution in [0.15, 0.2) is 71.6 Å².